The SMILES string of the molecule is CC1CCN([C@H](CN=Cc2cc([N+](=O)[O-])ccc2O)c2cccs2)CC1. The summed E-state index contributed by atoms with van der Waals surface area (Å²) in [5.74, 6) is 0.763. The molecule has 0 bridgehead atoms. The van der Waals surface area contributed by atoms with Gasteiger partial charge in [-0.1, -0.05) is 13.0 Å². The maximum atomic E-state index is 10.9. The molecule has 1 aromatic carbocycles. The average Bonchev–Trinajstić information content (AvgIpc) is 3.15. The van der Waals surface area contributed by atoms with Gasteiger partial charge >= 0.3 is 0 Å². The molecule has 2 heterocycles. The highest BCUT2D eigenvalue weighted by Gasteiger charge is 2.25. The first-order chi connectivity index (χ1) is 12.5. The Kier molecular flexibility index (Phi) is 6.00. The van der Waals surface area contributed by atoms with Gasteiger partial charge in [0.15, 0.2) is 0 Å². The molecule has 2 aromatic rings. The lowest BCUT2D eigenvalue weighted by molar-refractivity contribution is -0.384. The maximum absolute atomic E-state index is 10.9. The molecule has 1 fully saturated rings. The van der Waals surface area contributed by atoms with Crippen LogP contribution in [0.2, 0.25) is 0 Å². The average molecular weight is 373 g/mol. The number of piperidine rings is 1. The van der Waals surface area contributed by atoms with Crippen LogP contribution in [-0.2, 0) is 0 Å². The molecule has 1 aliphatic rings. The van der Waals surface area contributed by atoms with Crippen molar-refractivity contribution in [2.45, 2.75) is 25.8 Å². The number of thiophene rings is 1. The molecule has 6 nitrogen and oxygen atoms in total. The molecule has 3 rings (SSSR count). The maximum Gasteiger partial charge on any atom is 0.270 e. The summed E-state index contributed by atoms with van der Waals surface area (Å²) in [6.07, 6.45) is 3.92. The third-order valence-corrected chi connectivity index (χ3v) is 5.83. The Morgan fingerprint density at radius 3 is 2.85 bits per heavy atom. The summed E-state index contributed by atoms with van der Waals surface area (Å²) in [6, 6.07) is 8.36. The zero-order valence-corrected chi connectivity index (χ0v) is 15.6. The fourth-order valence-corrected chi connectivity index (χ4v) is 4.07. The third-order valence-electron chi connectivity index (χ3n) is 4.86. The zero-order valence-electron chi connectivity index (χ0n) is 14.7. The van der Waals surface area contributed by atoms with Crippen molar-refractivity contribution >= 4 is 23.2 Å². The molecule has 7 heteroatoms. The van der Waals surface area contributed by atoms with Crippen molar-refractivity contribution in [1.82, 2.24) is 4.90 Å². The van der Waals surface area contributed by atoms with Crippen LogP contribution in [0.3, 0.4) is 0 Å². The van der Waals surface area contributed by atoms with Gasteiger partial charge in [-0.05, 0) is 49.4 Å². The summed E-state index contributed by atoms with van der Waals surface area (Å²) in [6.45, 7) is 4.97. The molecule has 1 atom stereocenters. The summed E-state index contributed by atoms with van der Waals surface area (Å²) in [5, 5.41) is 22.9. The molecule has 0 unspecified atom stereocenters. The molecule has 1 aromatic heterocycles. The van der Waals surface area contributed by atoms with Crippen LogP contribution in [0.1, 0.15) is 36.2 Å². The van der Waals surface area contributed by atoms with Crippen molar-refractivity contribution < 1.29 is 10.0 Å². The molecule has 0 spiro atoms. The van der Waals surface area contributed by atoms with Crippen molar-refractivity contribution in [2.75, 3.05) is 19.6 Å². The van der Waals surface area contributed by atoms with Crippen molar-refractivity contribution in [3.8, 4) is 5.75 Å². The molecular weight excluding hydrogens is 350 g/mol. The van der Waals surface area contributed by atoms with Crippen molar-refractivity contribution in [1.29, 1.82) is 0 Å². The lowest BCUT2D eigenvalue weighted by Crippen LogP contribution is -2.37. The molecule has 0 radical (unpaired) electrons. The van der Waals surface area contributed by atoms with E-state index in [0.29, 0.717) is 12.1 Å². The van der Waals surface area contributed by atoms with Gasteiger partial charge in [-0.15, -0.1) is 11.3 Å². The van der Waals surface area contributed by atoms with E-state index in [2.05, 4.69) is 34.3 Å². The molecular formula is C19H23N3O3S. The van der Waals surface area contributed by atoms with Crippen molar-refractivity contribution in [3.63, 3.8) is 0 Å². The highest BCUT2D eigenvalue weighted by atomic mass is 32.1. The minimum atomic E-state index is -0.472. The largest absolute Gasteiger partial charge is 0.507 e. The summed E-state index contributed by atoms with van der Waals surface area (Å²) in [5.41, 5.74) is 0.320. The quantitative estimate of drug-likeness (QED) is 0.466. The number of nitrogens with zero attached hydrogens (tertiary/aromatic N) is 3. The van der Waals surface area contributed by atoms with Gasteiger partial charge in [-0.2, -0.15) is 0 Å². The van der Waals surface area contributed by atoms with Gasteiger partial charge in [0.05, 0.1) is 17.5 Å². The zero-order chi connectivity index (χ0) is 18.5. The second-order valence-electron chi connectivity index (χ2n) is 6.74. The van der Waals surface area contributed by atoms with E-state index in [4.69, 9.17) is 0 Å². The molecule has 1 saturated heterocycles. The number of phenols is 1. The van der Waals surface area contributed by atoms with Crippen LogP contribution in [0.15, 0.2) is 40.7 Å². The topological polar surface area (TPSA) is 79.0 Å². The van der Waals surface area contributed by atoms with Gasteiger partial charge in [0.2, 0.25) is 0 Å². The van der Waals surface area contributed by atoms with Gasteiger partial charge in [0.1, 0.15) is 5.75 Å². The number of nitro groups is 1. The predicted molar refractivity (Wildman–Crippen MR) is 104 cm³/mol. The Labute approximate surface area is 157 Å². The van der Waals surface area contributed by atoms with Crippen LogP contribution in [0.5, 0.6) is 5.75 Å². The smallest absolute Gasteiger partial charge is 0.270 e. The molecule has 0 saturated carbocycles. The first kappa shape index (κ1) is 18.5. The number of non-ortho nitro benzene ring substituents is 1. The van der Waals surface area contributed by atoms with E-state index in [9.17, 15) is 15.2 Å². The van der Waals surface area contributed by atoms with Crippen LogP contribution in [-0.4, -0.2) is 40.8 Å². The summed E-state index contributed by atoms with van der Waals surface area (Å²) in [7, 11) is 0. The summed E-state index contributed by atoms with van der Waals surface area (Å²) >= 11 is 1.73. The number of rotatable bonds is 6. The highest BCUT2D eigenvalue weighted by molar-refractivity contribution is 7.10. The van der Waals surface area contributed by atoms with Crippen LogP contribution >= 0.6 is 11.3 Å². The highest BCUT2D eigenvalue weighted by Crippen LogP contribution is 2.30. The van der Waals surface area contributed by atoms with E-state index in [1.807, 2.05) is 0 Å². The molecule has 26 heavy (non-hydrogen) atoms. The van der Waals surface area contributed by atoms with Gasteiger partial charge in [-0.3, -0.25) is 20.0 Å². The molecule has 0 amide bonds. The van der Waals surface area contributed by atoms with Gasteiger partial charge < -0.3 is 5.11 Å². The minimum Gasteiger partial charge on any atom is -0.507 e. The van der Waals surface area contributed by atoms with Crippen LogP contribution in [0.4, 0.5) is 5.69 Å². The van der Waals surface area contributed by atoms with Gasteiger partial charge in [-0.25, -0.2) is 0 Å². The number of phenolic OH excluding ortho intramolecular Hbond substituents is 1. The van der Waals surface area contributed by atoms with Crippen LogP contribution in [0.25, 0.3) is 0 Å². The fraction of sp³-hybridized carbons (Fsp3) is 0.421. The molecule has 138 valence electrons. The van der Waals surface area contributed by atoms with Crippen LogP contribution < -0.4 is 0 Å². The van der Waals surface area contributed by atoms with E-state index < -0.39 is 4.92 Å². The number of benzene rings is 1. The number of hydrogen-bond acceptors (Lipinski definition) is 6. The number of aromatic hydroxyl groups is 1. The Morgan fingerprint density at radius 1 is 1.42 bits per heavy atom. The minimum absolute atomic E-state index is 0.00109. The number of hydrogen-bond donors (Lipinski definition) is 1. The Morgan fingerprint density at radius 2 is 2.19 bits per heavy atom. The van der Waals surface area contributed by atoms with Gasteiger partial charge in [0.25, 0.3) is 5.69 Å². The standard InChI is InChI=1S/C19H23N3O3S/c1-14-6-8-21(9-7-14)17(19-3-2-10-26-19)13-20-12-15-11-16(22(24)25)4-5-18(15)23/h2-5,10-12,14,17,23H,6-9,13H2,1H3/t17-/m1/s1. The van der Waals surface area contributed by atoms with Crippen molar-refractivity contribution in [3.05, 3.63) is 56.3 Å². The first-order valence-corrected chi connectivity index (χ1v) is 9.67. The van der Waals surface area contributed by atoms with Gasteiger partial charge in [0, 0.05) is 28.8 Å². The molecule has 1 aliphatic heterocycles. The predicted octanol–water partition coefficient (Wildman–Crippen LogP) is 4.25. The molecule has 0 aliphatic carbocycles. The van der Waals surface area contributed by atoms with E-state index in [1.165, 1.54) is 42.1 Å². The number of nitro benzene ring substituents is 1. The second kappa shape index (κ2) is 8.42. The Bertz CT molecular complexity index is 768. The van der Waals surface area contributed by atoms with E-state index in [1.54, 1.807) is 11.3 Å². The summed E-state index contributed by atoms with van der Waals surface area (Å²) in [4.78, 5) is 18.7. The lowest BCUT2D eigenvalue weighted by atomic mass is 9.97. The monoisotopic (exact) mass is 373 g/mol. The Hall–Kier alpha value is -2.25. The molecule has 1 N–H and O–H groups in total. The Balaban J connectivity index is 1.75. The normalized spacial score (nSPS) is 17.6. The third kappa shape index (κ3) is 4.47. The van der Waals surface area contributed by atoms with E-state index >= 15 is 0 Å². The second-order valence-corrected chi connectivity index (χ2v) is 7.72. The number of aliphatic imine (C=N–C) groups is 1. The van der Waals surface area contributed by atoms with Crippen LogP contribution in [0, 0.1) is 16.0 Å². The van der Waals surface area contributed by atoms with E-state index in [0.717, 1.165) is 19.0 Å². The van der Waals surface area contributed by atoms with Crippen molar-refractivity contribution in [2.24, 2.45) is 10.9 Å². The number of likely N-dealkylation sites (tertiary alicyclic amines) is 1. The summed E-state index contributed by atoms with van der Waals surface area (Å²) < 4.78 is 0. The lowest BCUT2D eigenvalue weighted by Gasteiger charge is -2.35. The van der Waals surface area contributed by atoms with E-state index in [-0.39, 0.29) is 17.5 Å². The first-order valence-electron chi connectivity index (χ1n) is 8.79. The fourth-order valence-electron chi connectivity index (χ4n) is 3.22.